The van der Waals surface area contributed by atoms with Gasteiger partial charge in [0.05, 0.1) is 29.5 Å². The third-order valence-electron chi connectivity index (χ3n) is 5.71. The van der Waals surface area contributed by atoms with Crippen molar-refractivity contribution in [3.63, 3.8) is 0 Å². The van der Waals surface area contributed by atoms with Crippen LogP contribution in [0.15, 0.2) is 95.9 Å². The third-order valence-corrected chi connectivity index (χ3v) is 7.61. The van der Waals surface area contributed by atoms with Crippen molar-refractivity contribution >= 4 is 21.6 Å². The lowest BCUT2D eigenvalue weighted by molar-refractivity contribution is 0.0730. The Balaban J connectivity index is 1.46. The summed E-state index contributed by atoms with van der Waals surface area (Å²) in [7, 11) is -3.68. The molecule has 0 bridgehead atoms. The highest BCUT2D eigenvalue weighted by Gasteiger charge is 2.27. The molecule has 1 fully saturated rings. The quantitative estimate of drug-likeness (QED) is 0.446. The van der Waals surface area contributed by atoms with Crippen LogP contribution in [-0.2, 0) is 14.8 Å². The van der Waals surface area contributed by atoms with E-state index in [4.69, 9.17) is 4.74 Å². The van der Waals surface area contributed by atoms with Crippen LogP contribution in [-0.4, -0.2) is 54.7 Å². The minimum atomic E-state index is -3.68. The Morgan fingerprint density at radius 2 is 1.54 bits per heavy atom. The summed E-state index contributed by atoms with van der Waals surface area (Å²) in [5.41, 5.74) is 2.99. The number of carbonyl (C=O) groups excluding carboxylic acids is 1. The van der Waals surface area contributed by atoms with Crippen LogP contribution in [0.1, 0.15) is 10.5 Å². The lowest BCUT2D eigenvalue weighted by Crippen LogP contribution is -2.40. The molecule has 0 spiro atoms. The number of carbonyl (C=O) groups is 1. The zero-order valence-electron chi connectivity index (χ0n) is 18.9. The first-order valence-electron chi connectivity index (χ1n) is 11.2. The Bertz CT molecular complexity index is 1430. The summed E-state index contributed by atoms with van der Waals surface area (Å²) in [4.78, 5) is 13.5. The van der Waals surface area contributed by atoms with Gasteiger partial charge >= 0.3 is 0 Å². The van der Waals surface area contributed by atoms with Gasteiger partial charge < -0.3 is 10.1 Å². The number of hydrogen-bond donors (Lipinski definition) is 1. The van der Waals surface area contributed by atoms with E-state index >= 15 is 0 Å². The number of benzene rings is 3. The summed E-state index contributed by atoms with van der Waals surface area (Å²) in [6.07, 6.45) is 0. The fourth-order valence-electron chi connectivity index (χ4n) is 3.92. The Hall–Kier alpha value is -3.79. The Kier molecular flexibility index (Phi) is 6.45. The Labute approximate surface area is 203 Å². The van der Waals surface area contributed by atoms with Gasteiger partial charge in [-0.15, -0.1) is 0 Å². The Morgan fingerprint density at radius 3 is 2.26 bits per heavy atom. The van der Waals surface area contributed by atoms with Crippen molar-refractivity contribution in [1.82, 2.24) is 14.1 Å². The maximum atomic E-state index is 13.4. The van der Waals surface area contributed by atoms with Crippen molar-refractivity contribution in [1.29, 1.82) is 0 Å². The van der Waals surface area contributed by atoms with Crippen LogP contribution in [0, 0.1) is 0 Å². The van der Waals surface area contributed by atoms with E-state index in [0.717, 1.165) is 11.3 Å². The zero-order chi connectivity index (χ0) is 24.3. The summed E-state index contributed by atoms with van der Waals surface area (Å²) >= 11 is 0. The summed E-state index contributed by atoms with van der Waals surface area (Å²) in [5, 5.41) is 7.51. The summed E-state index contributed by atoms with van der Waals surface area (Å²) in [5.74, 6) is -0.399. The highest BCUT2D eigenvalue weighted by molar-refractivity contribution is 7.89. The standard InChI is InChI=1S/C26H24N4O4S/c31-26(27-21-10-7-13-23(18-21)35(32,33)29-14-16-34-17-15-29)25-19-24(20-8-3-1-4-9-20)28-30(25)22-11-5-2-6-12-22/h1-13,18-19H,14-17H2,(H,27,31). The van der Waals surface area contributed by atoms with Gasteiger partial charge in [-0.2, -0.15) is 9.40 Å². The number of sulfonamides is 1. The van der Waals surface area contributed by atoms with Gasteiger partial charge in [-0.25, -0.2) is 13.1 Å². The maximum absolute atomic E-state index is 13.4. The molecule has 8 nitrogen and oxygen atoms in total. The molecule has 1 saturated heterocycles. The van der Waals surface area contributed by atoms with E-state index in [-0.39, 0.29) is 4.90 Å². The largest absolute Gasteiger partial charge is 0.379 e. The number of aromatic nitrogens is 2. The Morgan fingerprint density at radius 1 is 0.857 bits per heavy atom. The average Bonchev–Trinajstić information content (AvgIpc) is 3.36. The van der Waals surface area contributed by atoms with Gasteiger partial charge in [0, 0.05) is 24.3 Å². The molecule has 178 valence electrons. The molecule has 3 aromatic carbocycles. The molecule has 35 heavy (non-hydrogen) atoms. The molecule has 5 rings (SSSR count). The van der Waals surface area contributed by atoms with Crippen LogP contribution in [0.2, 0.25) is 0 Å². The first-order valence-corrected chi connectivity index (χ1v) is 12.7. The molecule has 1 amide bonds. The third kappa shape index (κ3) is 4.88. The first kappa shape index (κ1) is 23.0. The molecule has 0 saturated carbocycles. The van der Waals surface area contributed by atoms with E-state index in [2.05, 4.69) is 10.4 Å². The molecule has 0 radical (unpaired) electrons. The second-order valence-electron chi connectivity index (χ2n) is 8.03. The van der Waals surface area contributed by atoms with E-state index < -0.39 is 15.9 Å². The molecule has 1 N–H and O–H groups in total. The maximum Gasteiger partial charge on any atom is 0.274 e. The zero-order valence-corrected chi connectivity index (χ0v) is 19.7. The van der Waals surface area contributed by atoms with E-state index in [1.54, 1.807) is 22.9 Å². The minimum Gasteiger partial charge on any atom is -0.379 e. The van der Waals surface area contributed by atoms with Gasteiger partial charge in [0.15, 0.2) is 0 Å². The number of rotatable bonds is 6. The number of ether oxygens (including phenoxy) is 1. The molecule has 4 aromatic rings. The van der Waals surface area contributed by atoms with Gasteiger partial charge in [0.25, 0.3) is 5.91 Å². The predicted octanol–water partition coefficient (Wildman–Crippen LogP) is 3.81. The number of amides is 1. The second-order valence-corrected chi connectivity index (χ2v) is 9.96. The molecule has 1 aromatic heterocycles. The lowest BCUT2D eigenvalue weighted by Gasteiger charge is -2.26. The second kappa shape index (κ2) is 9.83. The lowest BCUT2D eigenvalue weighted by atomic mass is 10.1. The van der Waals surface area contributed by atoms with Crippen molar-refractivity contribution < 1.29 is 17.9 Å². The molecular weight excluding hydrogens is 464 g/mol. The van der Waals surface area contributed by atoms with E-state index in [1.165, 1.54) is 16.4 Å². The SMILES string of the molecule is O=C(Nc1cccc(S(=O)(=O)N2CCOCC2)c1)c1cc(-c2ccccc2)nn1-c1ccccc1. The average molecular weight is 489 g/mol. The highest BCUT2D eigenvalue weighted by Crippen LogP contribution is 2.24. The predicted molar refractivity (Wildman–Crippen MR) is 133 cm³/mol. The van der Waals surface area contributed by atoms with Crippen molar-refractivity contribution in [3.05, 3.63) is 96.7 Å². The van der Waals surface area contributed by atoms with E-state index in [1.807, 2.05) is 60.7 Å². The normalized spacial score (nSPS) is 14.5. The van der Waals surface area contributed by atoms with Crippen LogP contribution < -0.4 is 5.32 Å². The molecule has 0 atom stereocenters. The first-order chi connectivity index (χ1) is 17.0. The van der Waals surface area contributed by atoms with Gasteiger partial charge in [-0.3, -0.25) is 4.79 Å². The van der Waals surface area contributed by atoms with Gasteiger partial charge in [-0.1, -0.05) is 54.6 Å². The van der Waals surface area contributed by atoms with Crippen LogP contribution in [0.4, 0.5) is 5.69 Å². The van der Waals surface area contributed by atoms with Crippen LogP contribution in [0.3, 0.4) is 0 Å². The summed E-state index contributed by atoms with van der Waals surface area (Å²) in [6, 6.07) is 27.0. The molecule has 0 unspecified atom stereocenters. The van der Waals surface area contributed by atoms with Crippen molar-refractivity contribution in [2.24, 2.45) is 0 Å². The monoisotopic (exact) mass is 488 g/mol. The summed E-state index contributed by atoms with van der Waals surface area (Å²) < 4.78 is 34.3. The number of nitrogens with zero attached hydrogens (tertiary/aromatic N) is 3. The van der Waals surface area contributed by atoms with Crippen molar-refractivity contribution in [2.45, 2.75) is 4.90 Å². The molecule has 9 heteroatoms. The number of anilines is 1. The van der Waals surface area contributed by atoms with Crippen molar-refractivity contribution in [2.75, 3.05) is 31.6 Å². The van der Waals surface area contributed by atoms with Crippen LogP contribution in [0.5, 0.6) is 0 Å². The fourth-order valence-corrected chi connectivity index (χ4v) is 5.38. The van der Waals surface area contributed by atoms with E-state index in [0.29, 0.717) is 43.4 Å². The van der Waals surface area contributed by atoms with E-state index in [9.17, 15) is 13.2 Å². The molecule has 0 aliphatic carbocycles. The number of hydrogen-bond acceptors (Lipinski definition) is 5. The number of nitrogens with one attached hydrogen (secondary N) is 1. The van der Waals surface area contributed by atoms with Crippen LogP contribution in [0.25, 0.3) is 16.9 Å². The number of para-hydroxylation sites is 1. The fraction of sp³-hybridized carbons (Fsp3) is 0.154. The number of morpholine rings is 1. The molecular formula is C26H24N4O4S. The topological polar surface area (TPSA) is 93.5 Å². The highest BCUT2D eigenvalue weighted by atomic mass is 32.2. The molecule has 1 aliphatic rings. The van der Waals surface area contributed by atoms with Gasteiger partial charge in [-0.05, 0) is 36.4 Å². The smallest absolute Gasteiger partial charge is 0.274 e. The van der Waals surface area contributed by atoms with Gasteiger partial charge in [0.1, 0.15) is 5.69 Å². The van der Waals surface area contributed by atoms with Gasteiger partial charge in [0.2, 0.25) is 10.0 Å². The minimum absolute atomic E-state index is 0.124. The molecule has 2 heterocycles. The summed E-state index contributed by atoms with van der Waals surface area (Å²) in [6.45, 7) is 1.33. The molecule has 1 aliphatic heterocycles. The van der Waals surface area contributed by atoms with Crippen LogP contribution >= 0.6 is 0 Å². The van der Waals surface area contributed by atoms with Crippen molar-refractivity contribution in [3.8, 4) is 16.9 Å².